The highest BCUT2D eigenvalue weighted by Gasteiger charge is 2.19. The van der Waals surface area contributed by atoms with Gasteiger partial charge >= 0.3 is 0 Å². The highest BCUT2D eigenvalue weighted by atomic mass is 14.7. The van der Waals surface area contributed by atoms with Gasteiger partial charge in [0.05, 0.1) is 5.69 Å². The minimum absolute atomic E-state index is 0.938. The number of unbranched alkanes of at least 4 members (excludes halogenated alkanes) is 2. The van der Waals surface area contributed by atoms with Crippen molar-refractivity contribution < 1.29 is 0 Å². The lowest BCUT2D eigenvalue weighted by atomic mass is 9.79. The molecular weight excluding hydrogens is 326 g/mol. The van der Waals surface area contributed by atoms with Crippen LogP contribution >= 0.6 is 0 Å². The molecule has 3 rings (SSSR count). The predicted molar refractivity (Wildman–Crippen MR) is 117 cm³/mol. The molecule has 1 aliphatic rings. The fourth-order valence-corrected chi connectivity index (χ4v) is 4.46. The zero-order chi connectivity index (χ0) is 18.9. The lowest BCUT2D eigenvalue weighted by Crippen LogP contribution is -2.14. The Bertz CT molecular complexity index is 648. The van der Waals surface area contributed by atoms with Crippen molar-refractivity contribution in [3.63, 3.8) is 0 Å². The van der Waals surface area contributed by atoms with Gasteiger partial charge in [0.25, 0.3) is 0 Å². The van der Waals surface area contributed by atoms with Gasteiger partial charge in [0, 0.05) is 11.8 Å². The maximum Gasteiger partial charge on any atom is 0.0702 e. The van der Waals surface area contributed by atoms with E-state index >= 15 is 0 Å². The second-order valence-corrected chi connectivity index (χ2v) is 8.54. The molecule has 1 aliphatic carbocycles. The zero-order valence-corrected chi connectivity index (χ0v) is 17.4. The van der Waals surface area contributed by atoms with Crippen LogP contribution in [0.5, 0.6) is 0 Å². The number of hydrogen-bond donors (Lipinski definition) is 0. The molecule has 0 unspecified atom stereocenters. The summed E-state index contributed by atoms with van der Waals surface area (Å²) >= 11 is 0. The highest BCUT2D eigenvalue weighted by molar-refractivity contribution is 5.59. The van der Waals surface area contributed by atoms with Crippen LogP contribution in [0.4, 0.5) is 0 Å². The molecule has 1 heterocycles. The molecule has 1 nitrogen and oxygen atoms in total. The van der Waals surface area contributed by atoms with Crippen molar-refractivity contribution in [2.24, 2.45) is 11.8 Å². The van der Waals surface area contributed by atoms with Crippen molar-refractivity contribution in [2.45, 2.75) is 84.5 Å². The number of pyridine rings is 1. The lowest BCUT2D eigenvalue weighted by Gasteiger charge is -2.27. The average molecular weight is 364 g/mol. The molecule has 2 aromatic rings. The van der Waals surface area contributed by atoms with Crippen molar-refractivity contribution >= 4 is 0 Å². The Labute approximate surface area is 166 Å². The minimum Gasteiger partial charge on any atom is -0.256 e. The van der Waals surface area contributed by atoms with Crippen molar-refractivity contribution in [1.29, 1.82) is 0 Å². The third kappa shape index (κ3) is 6.19. The third-order valence-electron chi connectivity index (χ3n) is 6.53. The fourth-order valence-electron chi connectivity index (χ4n) is 4.46. The standard InChI is InChI=1S/C26H37N/c1-3-5-6-7-22-14-17-25(18-15-22)26-19-16-24(20-27-26)13-12-23-10-8-21(4-2)9-11-23/h14-21,23H,3-13H2,1-2H3/t21-,23-. The van der Waals surface area contributed by atoms with E-state index in [0.717, 1.165) is 17.5 Å². The number of rotatable bonds is 9. The summed E-state index contributed by atoms with van der Waals surface area (Å²) in [4.78, 5) is 4.74. The van der Waals surface area contributed by atoms with Crippen molar-refractivity contribution in [2.75, 3.05) is 0 Å². The van der Waals surface area contributed by atoms with Crippen LogP contribution in [0.1, 0.15) is 82.8 Å². The number of aromatic nitrogens is 1. The molecule has 0 amide bonds. The van der Waals surface area contributed by atoms with Gasteiger partial charge < -0.3 is 0 Å². The number of benzene rings is 1. The summed E-state index contributed by atoms with van der Waals surface area (Å²) in [6.07, 6.45) is 16.9. The Hall–Kier alpha value is -1.63. The van der Waals surface area contributed by atoms with Crippen molar-refractivity contribution in [3.05, 3.63) is 53.7 Å². The maximum atomic E-state index is 4.74. The highest BCUT2D eigenvalue weighted by Crippen LogP contribution is 2.33. The smallest absolute Gasteiger partial charge is 0.0702 e. The van der Waals surface area contributed by atoms with E-state index in [9.17, 15) is 0 Å². The maximum absolute atomic E-state index is 4.74. The Balaban J connectivity index is 1.48. The lowest BCUT2D eigenvalue weighted by molar-refractivity contribution is 0.259. The molecule has 1 aromatic carbocycles. The van der Waals surface area contributed by atoms with Gasteiger partial charge in [-0.25, -0.2) is 0 Å². The summed E-state index contributed by atoms with van der Waals surface area (Å²) < 4.78 is 0. The minimum atomic E-state index is 0.938. The summed E-state index contributed by atoms with van der Waals surface area (Å²) in [5.74, 6) is 1.94. The van der Waals surface area contributed by atoms with Crippen LogP contribution in [0.3, 0.4) is 0 Å². The Morgan fingerprint density at radius 1 is 0.778 bits per heavy atom. The van der Waals surface area contributed by atoms with Crippen molar-refractivity contribution in [1.82, 2.24) is 4.98 Å². The van der Waals surface area contributed by atoms with E-state index in [2.05, 4.69) is 56.4 Å². The molecule has 27 heavy (non-hydrogen) atoms. The van der Waals surface area contributed by atoms with Crippen LogP contribution in [0, 0.1) is 11.8 Å². The van der Waals surface area contributed by atoms with Gasteiger partial charge in [-0.2, -0.15) is 0 Å². The van der Waals surface area contributed by atoms with E-state index in [4.69, 9.17) is 4.98 Å². The first-order chi connectivity index (χ1) is 13.3. The summed E-state index contributed by atoms with van der Waals surface area (Å²) in [6, 6.07) is 13.5. The molecule has 1 fully saturated rings. The average Bonchev–Trinajstić information content (AvgIpc) is 2.74. The fraction of sp³-hybridized carbons (Fsp3) is 0.577. The van der Waals surface area contributed by atoms with Crippen LogP contribution in [-0.4, -0.2) is 4.98 Å². The zero-order valence-electron chi connectivity index (χ0n) is 17.4. The topological polar surface area (TPSA) is 12.9 Å². The monoisotopic (exact) mass is 363 g/mol. The second-order valence-electron chi connectivity index (χ2n) is 8.54. The Morgan fingerprint density at radius 3 is 2.11 bits per heavy atom. The van der Waals surface area contributed by atoms with E-state index < -0.39 is 0 Å². The van der Waals surface area contributed by atoms with E-state index in [1.165, 1.54) is 87.3 Å². The van der Waals surface area contributed by atoms with E-state index in [0.29, 0.717) is 0 Å². The van der Waals surface area contributed by atoms with Crippen LogP contribution in [0.25, 0.3) is 11.3 Å². The van der Waals surface area contributed by atoms with Gasteiger partial charge in [-0.3, -0.25) is 4.98 Å². The summed E-state index contributed by atoms with van der Waals surface area (Å²) in [7, 11) is 0. The largest absolute Gasteiger partial charge is 0.256 e. The molecule has 0 atom stereocenters. The van der Waals surface area contributed by atoms with Gasteiger partial charge in [-0.05, 0) is 54.7 Å². The summed E-state index contributed by atoms with van der Waals surface area (Å²) in [5.41, 5.74) is 5.18. The van der Waals surface area contributed by atoms with E-state index in [-0.39, 0.29) is 0 Å². The molecule has 0 bridgehead atoms. The van der Waals surface area contributed by atoms with Crippen LogP contribution in [-0.2, 0) is 12.8 Å². The quantitative estimate of drug-likeness (QED) is 0.417. The molecule has 1 aromatic heterocycles. The first kappa shape index (κ1) is 20.1. The molecule has 0 aliphatic heterocycles. The van der Waals surface area contributed by atoms with Gasteiger partial charge in [-0.15, -0.1) is 0 Å². The van der Waals surface area contributed by atoms with Gasteiger partial charge in [-0.1, -0.05) is 89.1 Å². The molecule has 1 saturated carbocycles. The van der Waals surface area contributed by atoms with E-state index in [1.807, 2.05) is 0 Å². The molecule has 0 N–H and O–H groups in total. The van der Waals surface area contributed by atoms with Crippen LogP contribution in [0.15, 0.2) is 42.6 Å². The molecular formula is C26H37N. The van der Waals surface area contributed by atoms with Gasteiger partial charge in [0.1, 0.15) is 0 Å². The third-order valence-corrected chi connectivity index (χ3v) is 6.53. The Morgan fingerprint density at radius 2 is 1.48 bits per heavy atom. The summed E-state index contributed by atoms with van der Waals surface area (Å²) in [6.45, 7) is 4.60. The summed E-state index contributed by atoms with van der Waals surface area (Å²) in [5, 5.41) is 0. The van der Waals surface area contributed by atoms with Crippen LogP contribution in [0.2, 0.25) is 0 Å². The van der Waals surface area contributed by atoms with Crippen LogP contribution < -0.4 is 0 Å². The first-order valence-corrected chi connectivity index (χ1v) is 11.3. The first-order valence-electron chi connectivity index (χ1n) is 11.3. The second kappa shape index (κ2) is 10.6. The SMILES string of the molecule is CCCCCc1ccc(-c2ccc(CC[C@H]3CC[C@H](CC)CC3)cn2)cc1. The normalized spacial score (nSPS) is 19.9. The predicted octanol–water partition coefficient (Wildman–Crippen LogP) is 7.63. The number of hydrogen-bond acceptors (Lipinski definition) is 1. The van der Waals surface area contributed by atoms with E-state index in [1.54, 1.807) is 0 Å². The number of nitrogens with zero attached hydrogens (tertiary/aromatic N) is 1. The Kier molecular flexibility index (Phi) is 7.93. The molecule has 146 valence electrons. The number of aryl methyl sites for hydroxylation is 2. The molecule has 0 radical (unpaired) electrons. The van der Waals surface area contributed by atoms with Gasteiger partial charge in [0.15, 0.2) is 0 Å². The van der Waals surface area contributed by atoms with Gasteiger partial charge in [0.2, 0.25) is 0 Å². The molecule has 0 spiro atoms. The van der Waals surface area contributed by atoms with Crippen molar-refractivity contribution in [3.8, 4) is 11.3 Å². The molecule has 1 heteroatoms. The molecule has 0 saturated heterocycles.